The Bertz CT molecular complexity index is 1050. The summed E-state index contributed by atoms with van der Waals surface area (Å²) in [5, 5.41) is 7.51. The highest BCUT2D eigenvalue weighted by molar-refractivity contribution is 9.10. The lowest BCUT2D eigenvalue weighted by Gasteiger charge is -2.09. The number of nitrogens with two attached hydrogens (primary N) is 1. The summed E-state index contributed by atoms with van der Waals surface area (Å²) < 4.78 is 42.0. The molecule has 0 unspecified atom stereocenters. The van der Waals surface area contributed by atoms with Crippen molar-refractivity contribution in [3.8, 4) is 0 Å². The van der Waals surface area contributed by atoms with Crippen LogP contribution in [0.25, 0.3) is 6.08 Å². The van der Waals surface area contributed by atoms with E-state index in [0.717, 1.165) is 6.08 Å². The molecular formula is C18H16BrFN2O5S. The lowest BCUT2D eigenvalue weighted by Crippen LogP contribution is -2.21. The van der Waals surface area contributed by atoms with Crippen LogP contribution in [0.3, 0.4) is 0 Å². The number of primary sulfonamides is 1. The Labute approximate surface area is 169 Å². The average Bonchev–Trinajstić information content (AvgIpc) is 2.61. The molecule has 2 aromatic rings. The number of benzene rings is 2. The van der Waals surface area contributed by atoms with Gasteiger partial charge < -0.3 is 10.1 Å². The van der Waals surface area contributed by atoms with Gasteiger partial charge in [-0.25, -0.2) is 22.7 Å². The van der Waals surface area contributed by atoms with Crippen LogP contribution in [0, 0.1) is 12.7 Å². The number of anilines is 1. The van der Waals surface area contributed by atoms with Crippen molar-refractivity contribution < 1.29 is 27.1 Å². The van der Waals surface area contributed by atoms with Crippen molar-refractivity contribution in [1.29, 1.82) is 0 Å². The molecule has 0 bridgehead atoms. The zero-order chi connectivity index (χ0) is 20.9. The number of carbonyl (C=O) groups is 2. The molecule has 3 N–H and O–H groups in total. The Morgan fingerprint density at radius 1 is 1.25 bits per heavy atom. The number of amides is 1. The third-order valence-corrected chi connectivity index (χ3v) is 5.03. The highest BCUT2D eigenvalue weighted by Gasteiger charge is 2.13. The van der Waals surface area contributed by atoms with Crippen LogP contribution in [0.15, 0.2) is 51.8 Å². The summed E-state index contributed by atoms with van der Waals surface area (Å²) >= 11 is 3.19. The van der Waals surface area contributed by atoms with Crippen molar-refractivity contribution in [2.24, 2.45) is 5.14 Å². The lowest BCUT2D eigenvalue weighted by molar-refractivity contribution is -0.142. The minimum Gasteiger partial charge on any atom is -0.452 e. The van der Waals surface area contributed by atoms with Gasteiger partial charge in [-0.2, -0.15) is 0 Å². The summed E-state index contributed by atoms with van der Waals surface area (Å²) in [5.74, 6) is -2.04. The van der Waals surface area contributed by atoms with Crippen LogP contribution in [0.5, 0.6) is 0 Å². The number of nitrogens with one attached hydrogen (secondary N) is 1. The molecule has 0 aliphatic carbocycles. The zero-order valence-electron chi connectivity index (χ0n) is 14.6. The van der Waals surface area contributed by atoms with Gasteiger partial charge in [-0.05, 0) is 48.9 Å². The summed E-state index contributed by atoms with van der Waals surface area (Å²) in [6, 6.07) is 8.41. The number of hydrogen-bond acceptors (Lipinski definition) is 5. The number of halogens is 2. The first-order chi connectivity index (χ1) is 13.1. The molecule has 7 nitrogen and oxygen atoms in total. The van der Waals surface area contributed by atoms with Gasteiger partial charge in [0.25, 0.3) is 5.91 Å². The van der Waals surface area contributed by atoms with E-state index in [9.17, 15) is 22.4 Å². The standard InChI is InChI=1S/C18H16BrFN2O5S/c1-11-2-5-14(9-16(11)28(21,25)26)22-17(23)10-27-18(24)7-3-12-8-13(19)4-6-15(12)20/h2-9H,10H2,1H3,(H,22,23)(H2,21,25,26)/b7-3+. The normalized spacial score (nSPS) is 11.4. The van der Waals surface area contributed by atoms with Crippen LogP contribution in [-0.4, -0.2) is 26.9 Å². The maximum Gasteiger partial charge on any atom is 0.331 e. The van der Waals surface area contributed by atoms with E-state index in [-0.39, 0.29) is 16.1 Å². The van der Waals surface area contributed by atoms with Gasteiger partial charge in [0.2, 0.25) is 10.0 Å². The Hall–Kier alpha value is -2.56. The fourth-order valence-corrected chi connectivity index (χ4v) is 3.35. The second-order valence-corrected chi connectivity index (χ2v) is 8.13. The summed E-state index contributed by atoms with van der Waals surface area (Å²) in [6.07, 6.45) is 2.21. The molecule has 28 heavy (non-hydrogen) atoms. The van der Waals surface area contributed by atoms with Crippen molar-refractivity contribution in [3.63, 3.8) is 0 Å². The fraction of sp³-hybridized carbons (Fsp3) is 0.111. The lowest BCUT2D eigenvalue weighted by atomic mass is 10.2. The van der Waals surface area contributed by atoms with E-state index in [4.69, 9.17) is 9.88 Å². The summed E-state index contributed by atoms with van der Waals surface area (Å²) in [5.41, 5.74) is 0.783. The molecule has 1 amide bonds. The molecule has 2 aromatic carbocycles. The zero-order valence-corrected chi connectivity index (χ0v) is 17.0. The molecule has 0 saturated heterocycles. The molecule has 0 aliphatic rings. The first-order valence-electron chi connectivity index (χ1n) is 7.79. The van der Waals surface area contributed by atoms with Crippen molar-refractivity contribution in [3.05, 3.63) is 63.9 Å². The number of hydrogen-bond donors (Lipinski definition) is 2. The van der Waals surface area contributed by atoms with Gasteiger partial charge in [0.15, 0.2) is 6.61 Å². The fourth-order valence-electron chi connectivity index (χ4n) is 2.17. The second-order valence-electron chi connectivity index (χ2n) is 5.68. The Morgan fingerprint density at radius 3 is 2.64 bits per heavy atom. The quantitative estimate of drug-likeness (QED) is 0.497. The highest BCUT2D eigenvalue weighted by atomic mass is 79.9. The average molecular weight is 471 g/mol. The topological polar surface area (TPSA) is 116 Å². The number of carbonyl (C=O) groups excluding carboxylic acids is 2. The van der Waals surface area contributed by atoms with E-state index in [1.165, 1.54) is 42.5 Å². The van der Waals surface area contributed by atoms with E-state index in [0.29, 0.717) is 10.0 Å². The molecule has 10 heteroatoms. The predicted molar refractivity (Wildman–Crippen MR) is 105 cm³/mol. The Morgan fingerprint density at radius 2 is 1.96 bits per heavy atom. The highest BCUT2D eigenvalue weighted by Crippen LogP contribution is 2.19. The summed E-state index contributed by atoms with van der Waals surface area (Å²) in [7, 11) is -3.94. The van der Waals surface area contributed by atoms with Crippen molar-refractivity contribution >= 4 is 49.6 Å². The van der Waals surface area contributed by atoms with E-state index >= 15 is 0 Å². The van der Waals surface area contributed by atoms with Gasteiger partial charge in [-0.3, -0.25) is 4.79 Å². The van der Waals surface area contributed by atoms with Crippen LogP contribution in [0.1, 0.15) is 11.1 Å². The maximum absolute atomic E-state index is 13.6. The monoisotopic (exact) mass is 470 g/mol. The van der Waals surface area contributed by atoms with Crippen molar-refractivity contribution in [1.82, 2.24) is 0 Å². The van der Waals surface area contributed by atoms with Crippen molar-refractivity contribution in [2.45, 2.75) is 11.8 Å². The number of rotatable bonds is 6. The molecule has 0 fully saturated rings. The third kappa shape index (κ3) is 6.25. The van der Waals surface area contributed by atoms with Crippen LogP contribution >= 0.6 is 15.9 Å². The first-order valence-corrected chi connectivity index (χ1v) is 10.1. The SMILES string of the molecule is Cc1ccc(NC(=O)COC(=O)/C=C/c2cc(Br)ccc2F)cc1S(N)(=O)=O. The predicted octanol–water partition coefficient (Wildman–Crippen LogP) is 2.74. The third-order valence-electron chi connectivity index (χ3n) is 3.48. The maximum atomic E-state index is 13.6. The number of ether oxygens (including phenoxy) is 1. The molecule has 0 spiro atoms. The van der Waals surface area contributed by atoms with E-state index in [1.807, 2.05) is 0 Å². The smallest absolute Gasteiger partial charge is 0.331 e. The van der Waals surface area contributed by atoms with Gasteiger partial charge in [-0.1, -0.05) is 22.0 Å². The van der Waals surface area contributed by atoms with Crippen LogP contribution in [0.4, 0.5) is 10.1 Å². The molecule has 0 aromatic heterocycles. The second kappa shape index (κ2) is 9.09. The van der Waals surface area contributed by atoms with E-state index < -0.39 is 34.3 Å². The van der Waals surface area contributed by atoms with Gasteiger partial charge in [-0.15, -0.1) is 0 Å². The van der Waals surface area contributed by atoms with Gasteiger partial charge in [0, 0.05) is 21.8 Å². The largest absolute Gasteiger partial charge is 0.452 e. The summed E-state index contributed by atoms with van der Waals surface area (Å²) in [6.45, 7) is 0.955. The summed E-state index contributed by atoms with van der Waals surface area (Å²) in [4.78, 5) is 23.4. The Balaban J connectivity index is 1.94. The molecule has 148 valence electrons. The van der Waals surface area contributed by atoms with E-state index in [2.05, 4.69) is 21.2 Å². The molecule has 0 aliphatic heterocycles. The van der Waals surface area contributed by atoms with Gasteiger partial charge in [0.1, 0.15) is 5.82 Å². The molecule has 0 saturated carbocycles. The Kier molecular flexibility index (Phi) is 7.05. The van der Waals surface area contributed by atoms with Crippen LogP contribution in [-0.2, 0) is 24.3 Å². The van der Waals surface area contributed by atoms with E-state index in [1.54, 1.807) is 6.92 Å². The minimum atomic E-state index is -3.94. The number of aryl methyl sites for hydroxylation is 1. The first kappa shape index (κ1) is 21.7. The molecule has 0 atom stereocenters. The molecule has 2 rings (SSSR count). The number of esters is 1. The van der Waals surface area contributed by atoms with Crippen LogP contribution in [0.2, 0.25) is 0 Å². The molecule has 0 heterocycles. The molecular weight excluding hydrogens is 455 g/mol. The van der Waals surface area contributed by atoms with Gasteiger partial charge in [0.05, 0.1) is 4.90 Å². The van der Waals surface area contributed by atoms with Gasteiger partial charge >= 0.3 is 5.97 Å². The number of sulfonamides is 1. The van der Waals surface area contributed by atoms with Crippen LogP contribution < -0.4 is 10.5 Å². The van der Waals surface area contributed by atoms with Crippen molar-refractivity contribution in [2.75, 3.05) is 11.9 Å². The molecule has 0 radical (unpaired) electrons. The minimum absolute atomic E-state index is 0.124.